The molecule has 1 heterocycles. The summed E-state index contributed by atoms with van der Waals surface area (Å²) in [4.78, 5) is 20.4. The highest BCUT2D eigenvalue weighted by Gasteiger charge is 2.13. The molecule has 1 amide bonds. The van der Waals surface area contributed by atoms with E-state index in [4.69, 9.17) is 35.0 Å². The number of aryl methyl sites for hydroxylation is 2. The van der Waals surface area contributed by atoms with Gasteiger partial charge >= 0.3 is 0 Å². The highest BCUT2D eigenvalue weighted by molar-refractivity contribution is 7.15. The summed E-state index contributed by atoms with van der Waals surface area (Å²) in [5.41, 5.74) is 1.39. The number of aromatic nitrogens is 1. The number of nitrogens with zero attached hydrogens (tertiary/aromatic N) is 1. The lowest BCUT2D eigenvalue weighted by atomic mass is 10.2. The Balaban J connectivity index is 1.99. The normalized spacial score (nSPS) is 10.8. The number of carbonyl (C=O) groups is 1. The van der Waals surface area contributed by atoms with E-state index in [1.54, 1.807) is 18.2 Å². The number of anilines is 1. The molecule has 0 fully saturated rings. The second-order valence-corrected chi connectivity index (χ2v) is 7.12. The molecular formula is C15H16Cl3N3OS. The first-order valence-corrected chi connectivity index (χ1v) is 9.02. The molecule has 0 aliphatic heterocycles. The number of thiazole rings is 1. The van der Waals surface area contributed by atoms with Gasteiger partial charge in [-0.2, -0.15) is 0 Å². The molecule has 0 spiro atoms. The van der Waals surface area contributed by atoms with E-state index in [9.17, 15) is 4.79 Å². The van der Waals surface area contributed by atoms with Crippen molar-refractivity contribution in [3.05, 3.63) is 44.4 Å². The van der Waals surface area contributed by atoms with Crippen molar-refractivity contribution in [1.29, 1.82) is 0 Å². The molecule has 0 saturated heterocycles. The smallest absolute Gasteiger partial charge is 0.257 e. The highest BCUT2D eigenvalue weighted by atomic mass is 35.5. The summed E-state index contributed by atoms with van der Waals surface area (Å²) in [5.74, 6) is -0.254. The van der Waals surface area contributed by atoms with Crippen LogP contribution in [-0.2, 0) is 6.42 Å². The summed E-state index contributed by atoms with van der Waals surface area (Å²) < 4.78 is 0. The number of unbranched alkanes of at least 4 members (excludes halogenated alkanes) is 1. The molecule has 2 aromatic rings. The Kier molecular flexibility index (Phi) is 7.11. The fourth-order valence-corrected chi connectivity index (χ4v) is 3.43. The topological polar surface area (TPSA) is 54.0 Å². The van der Waals surface area contributed by atoms with Gasteiger partial charge in [-0.25, -0.2) is 9.82 Å². The Labute approximate surface area is 154 Å². The van der Waals surface area contributed by atoms with E-state index >= 15 is 0 Å². The van der Waals surface area contributed by atoms with Gasteiger partial charge in [-0.05, 0) is 56.2 Å². The SMILES string of the molecule is Cc1nc(NC(=O)c2ccc(Cl)c(Cl)c2)sc1CCCCNCl. The minimum atomic E-state index is -0.254. The maximum absolute atomic E-state index is 12.2. The summed E-state index contributed by atoms with van der Waals surface area (Å²) in [6, 6.07) is 4.77. The predicted molar refractivity (Wildman–Crippen MR) is 98.1 cm³/mol. The second kappa shape index (κ2) is 8.85. The largest absolute Gasteiger partial charge is 0.298 e. The second-order valence-electron chi connectivity index (χ2n) is 4.95. The Hall–Kier alpha value is -0.850. The maximum Gasteiger partial charge on any atom is 0.257 e. The standard InChI is InChI=1S/C15H16Cl3N3OS/c1-9-13(4-2-3-7-19-18)23-15(20-9)21-14(22)10-5-6-11(16)12(17)8-10/h5-6,8,19H,2-4,7H2,1H3,(H,20,21,22). The van der Waals surface area contributed by atoms with Gasteiger partial charge in [0.05, 0.1) is 15.7 Å². The monoisotopic (exact) mass is 391 g/mol. The van der Waals surface area contributed by atoms with Gasteiger partial charge in [0.1, 0.15) is 0 Å². The molecule has 8 heteroatoms. The first-order valence-electron chi connectivity index (χ1n) is 7.07. The zero-order chi connectivity index (χ0) is 16.8. The number of halogens is 3. The number of nitrogens with one attached hydrogen (secondary N) is 2. The van der Waals surface area contributed by atoms with Crippen LogP contribution in [0.3, 0.4) is 0 Å². The van der Waals surface area contributed by atoms with Crippen LogP contribution in [0.15, 0.2) is 18.2 Å². The predicted octanol–water partition coefficient (Wildman–Crippen LogP) is 5.08. The van der Waals surface area contributed by atoms with E-state index in [0.29, 0.717) is 20.7 Å². The quantitative estimate of drug-likeness (QED) is 0.510. The first-order chi connectivity index (χ1) is 11.0. The van der Waals surface area contributed by atoms with Crippen LogP contribution in [0.1, 0.15) is 33.8 Å². The number of rotatable bonds is 7. The Morgan fingerprint density at radius 2 is 2.04 bits per heavy atom. The average molecular weight is 393 g/mol. The lowest BCUT2D eigenvalue weighted by molar-refractivity contribution is 0.102. The Bertz CT molecular complexity index is 691. The van der Waals surface area contributed by atoms with E-state index in [0.717, 1.165) is 31.5 Å². The van der Waals surface area contributed by atoms with Crippen LogP contribution >= 0.6 is 46.3 Å². The van der Waals surface area contributed by atoms with Gasteiger partial charge in [0.25, 0.3) is 5.91 Å². The van der Waals surface area contributed by atoms with Crippen molar-refractivity contribution in [2.45, 2.75) is 26.2 Å². The van der Waals surface area contributed by atoms with Crippen molar-refractivity contribution in [2.24, 2.45) is 0 Å². The van der Waals surface area contributed by atoms with Crippen LogP contribution in [0.2, 0.25) is 10.0 Å². The number of carbonyl (C=O) groups excluding carboxylic acids is 1. The molecule has 23 heavy (non-hydrogen) atoms. The summed E-state index contributed by atoms with van der Waals surface area (Å²) in [6.07, 6.45) is 2.93. The van der Waals surface area contributed by atoms with Crippen LogP contribution in [0.5, 0.6) is 0 Å². The number of hydrogen-bond donors (Lipinski definition) is 2. The average Bonchev–Trinajstić information content (AvgIpc) is 2.86. The molecule has 4 nitrogen and oxygen atoms in total. The van der Waals surface area contributed by atoms with Crippen LogP contribution < -0.4 is 10.2 Å². The molecule has 0 atom stereocenters. The molecule has 2 N–H and O–H groups in total. The van der Waals surface area contributed by atoms with Gasteiger partial charge in [-0.3, -0.25) is 10.1 Å². The van der Waals surface area contributed by atoms with Crippen LogP contribution in [0.25, 0.3) is 0 Å². The third-order valence-corrected chi connectivity index (χ3v) is 5.28. The molecule has 1 aromatic heterocycles. The van der Waals surface area contributed by atoms with Gasteiger partial charge in [-0.1, -0.05) is 23.2 Å². The molecule has 0 saturated carbocycles. The lowest BCUT2D eigenvalue weighted by Gasteiger charge is -2.03. The number of hydrogen-bond acceptors (Lipinski definition) is 4. The van der Waals surface area contributed by atoms with Crippen molar-refractivity contribution in [3.8, 4) is 0 Å². The zero-order valence-corrected chi connectivity index (χ0v) is 15.5. The van der Waals surface area contributed by atoms with Gasteiger partial charge in [0, 0.05) is 17.0 Å². The van der Waals surface area contributed by atoms with E-state index in [1.807, 2.05) is 6.92 Å². The van der Waals surface area contributed by atoms with Crippen molar-refractivity contribution in [2.75, 3.05) is 11.9 Å². The fourth-order valence-electron chi connectivity index (χ4n) is 2.00. The third-order valence-electron chi connectivity index (χ3n) is 3.22. The fraction of sp³-hybridized carbons (Fsp3) is 0.333. The number of benzene rings is 1. The number of amides is 1. The lowest BCUT2D eigenvalue weighted by Crippen LogP contribution is -2.11. The zero-order valence-electron chi connectivity index (χ0n) is 12.5. The van der Waals surface area contributed by atoms with Crippen LogP contribution in [0.4, 0.5) is 5.13 Å². The van der Waals surface area contributed by atoms with E-state index in [1.165, 1.54) is 16.2 Å². The van der Waals surface area contributed by atoms with Crippen LogP contribution in [-0.4, -0.2) is 17.4 Å². The molecule has 0 unspecified atom stereocenters. The van der Waals surface area contributed by atoms with E-state index in [-0.39, 0.29) is 5.91 Å². The van der Waals surface area contributed by atoms with Crippen LogP contribution in [0, 0.1) is 6.92 Å². The van der Waals surface area contributed by atoms with E-state index in [2.05, 4.69) is 15.1 Å². The van der Waals surface area contributed by atoms with Crippen molar-refractivity contribution >= 4 is 57.4 Å². The molecule has 2 rings (SSSR count). The third kappa shape index (κ3) is 5.33. The van der Waals surface area contributed by atoms with Gasteiger partial charge in [-0.15, -0.1) is 11.3 Å². The Morgan fingerprint density at radius 3 is 2.74 bits per heavy atom. The summed E-state index contributed by atoms with van der Waals surface area (Å²) in [5, 5.41) is 4.16. The molecule has 0 aliphatic rings. The molecule has 0 radical (unpaired) electrons. The van der Waals surface area contributed by atoms with Crippen molar-refractivity contribution in [1.82, 2.24) is 9.82 Å². The Morgan fingerprint density at radius 1 is 1.26 bits per heavy atom. The van der Waals surface area contributed by atoms with E-state index < -0.39 is 0 Å². The molecular weight excluding hydrogens is 377 g/mol. The molecule has 124 valence electrons. The first kappa shape index (κ1) is 18.5. The minimum Gasteiger partial charge on any atom is -0.298 e. The van der Waals surface area contributed by atoms with Gasteiger partial charge < -0.3 is 0 Å². The molecule has 1 aromatic carbocycles. The summed E-state index contributed by atoms with van der Waals surface area (Å²) in [7, 11) is 0. The maximum atomic E-state index is 12.2. The molecule has 0 bridgehead atoms. The minimum absolute atomic E-state index is 0.254. The summed E-state index contributed by atoms with van der Waals surface area (Å²) in [6.45, 7) is 2.72. The highest BCUT2D eigenvalue weighted by Crippen LogP contribution is 2.26. The van der Waals surface area contributed by atoms with Crippen molar-refractivity contribution < 1.29 is 4.79 Å². The molecule has 0 aliphatic carbocycles. The van der Waals surface area contributed by atoms with Gasteiger partial charge in [0.2, 0.25) is 0 Å². The van der Waals surface area contributed by atoms with Gasteiger partial charge in [0.15, 0.2) is 5.13 Å². The summed E-state index contributed by atoms with van der Waals surface area (Å²) >= 11 is 18.7. The van der Waals surface area contributed by atoms with Crippen molar-refractivity contribution in [3.63, 3.8) is 0 Å².